The Balaban J connectivity index is 1.18. The van der Waals surface area contributed by atoms with Crippen molar-refractivity contribution in [3.05, 3.63) is 24.3 Å². The van der Waals surface area contributed by atoms with Gasteiger partial charge in [-0.05, 0) is 70.2 Å². The van der Waals surface area contributed by atoms with Gasteiger partial charge in [-0.3, -0.25) is 19.8 Å². The molecule has 0 spiro atoms. The summed E-state index contributed by atoms with van der Waals surface area (Å²) in [4.78, 5) is 42.3. The maximum Gasteiger partial charge on any atom is 0.410 e. The summed E-state index contributed by atoms with van der Waals surface area (Å²) in [5, 5.41) is 5.62. The zero-order chi connectivity index (χ0) is 25.0. The van der Waals surface area contributed by atoms with Crippen LogP contribution < -0.4 is 15.5 Å². The number of hydrogen-bond donors (Lipinski definition) is 2. The zero-order valence-corrected chi connectivity index (χ0v) is 21.2. The van der Waals surface area contributed by atoms with Crippen LogP contribution in [0.1, 0.15) is 46.5 Å². The van der Waals surface area contributed by atoms with Gasteiger partial charge >= 0.3 is 6.09 Å². The first-order chi connectivity index (χ1) is 16.7. The lowest BCUT2D eigenvalue weighted by Crippen LogP contribution is -2.51. The predicted octanol–water partition coefficient (Wildman–Crippen LogP) is 2.67. The number of carbonyl (C=O) groups is 3. The highest BCUT2D eigenvalue weighted by Gasteiger charge is 2.29. The van der Waals surface area contributed by atoms with Gasteiger partial charge in [0, 0.05) is 63.6 Å². The van der Waals surface area contributed by atoms with Crippen molar-refractivity contribution in [3.8, 4) is 0 Å². The number of carbonyl (C=O) groups excluding carboxylic acids is 3. The first-order valence-electron chi connectivity index (χ1n) is 12.8. The molecule has 3 saturated heterocycles. The Bertz CT molecular complexity index is 897. The molecule has 3 amide bonds. The number of piperidine rings is 2. The molecule has 3 aliphatic heterocycles. The van der Waals surface area contributed by atoms with Gasteiger partial charge in [0.25, 0.3) is 0 Å². The number of anilines is 2. The molecule has 35 heavy (non-hydrogen) atoms. The second-order valence-electron chi connectivity index (χ2n) is 10.9. The highest BCUT2D eigenvalue weighted by Crippen LogP contribution is 2.26. The molecule has 0 aromatic heterocycles. The molecule has 0 saturated carbocycles. The van der Waals surface area contributed by atoms with Crippen LogP contribution in [0.4, 0.5) is 16.2 Å². The van der Waals surface area contributed by atoms with Crippen molar-refractivity contribution >= 4 is 29.3 Å². The molecule has 0 aliphatic carbocycles. The molecule has 1 unspecified atom stereocenters. The average Bonchev–Trinajstić information content (AvgIpc) is 2.81. The molecule has 9 nitrogen and oxygen atoms in total. The Hall–Kier alpha value is -2.81. The van der Waals surface area contributed by atoms with Crippen LogP contribution in [0.3, 0.4) is 0 Å². The first kappa shape index (κ1) is 25.3. The normalized spacial score (nSPS) is 22.7. The van der Waals surface area contributed by atoms with Crippen LogP contribution in [0.2, 0.25) is 0 Å². The molecule has 4 rings (SSSR count). The molecule has 3 fully saturated rings. The standard InChI is InChI=1S/C26H39N5O4/c1-26(2,3)35-25(34)31-16-14-29(15-17-31)18-19-10-12-30(13-11-19)21-6-4-20(5-7-21)27-22-8-9-23(32)28-24(22)33/h4-7,19,22,27H,8-18H2,1-3H3,(H,28,32,33). The highest BCUT2D eigenvalue weighted by molar-refractivity contribution is 6.01. The van der Waals surface area contributed by atoms with Crippen LogP contribution in [0.15, 0.2) is 24.3 Å². The zero-order valence-electron chi connectivity index (χ0n) is 21.2. The monoisotopic (exact) mass is 485 g/mol. The summed E-state index contributed by atoms with van der Waals surface area (Å²) in [6.45, 7) is 12.1. The van der Waals surface area contributed by atoms with Gasteiger partial charge in [0.15, 0.2) is 0 Å². The molecule has 0 radical (unpaired) electrons. The third kappa shape index (κ3) is 7.10. The minimum Gasteiger partial charge on any atom is -0.444 e. The van der Waals surface area contributed by atoms with E-state index < -0.39 is 5.60 Å². The Morgan fingerprint density at radius 2 is 1.66 bits per heavy atom. The summed E-state index contributed by atoms with van der Waals surface area (Å²) in [5.41, 5.74) is 1.64. The third-order valence-electron chi connectivity index (χ3n) is 6.97. The number of rotatable bonds is 5. The molecule has 9 heteroatoms. The number of piperazine rings is 1. The Morgan fingerprint density at radius 3 is 2.26 bits per heavy atom. The Labute approximate surface area is 208 Å². The summed E-state index contributed by atoms with van der Waals surface area (Å²) in [6, 6.07) is 7.86. The number of hydrogen-bond acceptors (Lipinski definition) is 7. The number of amides is 3. The van der Waals surface area contributed by atoms with E-state index in [0.29, 0.717) is 18.8 Å². The second-order valence-corrected chi connectivity index (χ2v) is 10.9. The maximum atomic E-state index is 12.3. The Morgan fingerprint density at radius 1 is 1.00 bits per heavy atom. The van der Waals surface area contributed by atoms with Crippen LogP contribution in [-0.2, 0) is 14.3 Å². The van der Waals surface area contributed by atoms with Gasteiger partial charge in [-0.2, -0.15) is 0 Å². The third-order valence-corrected chi connectivity index (χ3v) is 6.97. The summed E-state index contributed by atoms with van der Waals surface area (Å²) >= 11 is 0. The van der Waals surface area contributed by atoms with E-state index in [1.165, 1.54) is 5.69 Å². The van der Waals surface area contributed by atoms with Crippen molar-refractivity contribution in [3.63, 3.8) is 0 Å². The molecule has 3 aliphatic rings. The van der Waals surface area contributed by atoms with E-state index in [0.717, 1.165) is 64.3 Å². The molecular weight excluding hydrogens is 446 g/mol. The molecule has 1 aromatic carbocycles. The van der Waals surface area contributed by atoms with E-state index in [1.807, 2.05) is 37.8 Å². The lowest BCUT2D eigenvalue weighted by Gasteiger charge is -2.39. The van der Waals surface area contributed by atoms with Gasteiger partial charge in [0.2, 0.25) is 11.8 Å². The molecule has 1 aromatic rings. The number of benzene rings is 1. The Kier molecular flexibility index (Phi) is 7.84. The fraction of sp³-hybridized carbons (Fsp3) is 0.654. The van der Waals surface area contributed by atoms with Crippen molar-refractivity contribution in [2.75, 3.05) is 56.0 Å². The lowest BCUT2D eigenvalue weighted by atomic mass is 9.95. The van der Waals surface area contributed by atoms with Crippen molar-refractivity contribution in [1.82, 2.24) is 15.1 Å². The average molecular weight is 486 g/mol. The van der Waals surface area contributed by atoms with Crippen molar-refractivity contribution in [1.29, 1.82) is 0 Å². The molecule has 0 bridgehead atoms. The second kappa shape index (κ2) is 10.8. The molecule has 192 valence electrons. The molecule has 2 N–H and O–H groups in total. The van der Waals surface area contributed by atoms with E-state index in [9.17, 15) is 14.4 Å². The minimum atomic E-state index is -0.452. The summed E-state index contributed by atoms with van der Waals surface area (Å²) in [5.74, 6) is 0.223. The molecule has 1 atom stereocenters. The summed E-state index contributed by atoms with van der Waals surface area (Å²) < 4.78 is 5.50. The van der Waals surface area contributed by atoms with Gasteiger partial charge in [-0.1, -0.05) is 0 Å². The summed E-state index contributed by atoms with van der Waals surface area (Å²) in [6.07, 6.45) is 3.00. The van der Waals surface area contributed by atoms with Crippen molar-refractivity contribution in [2.45, 2.75) is 58.1 Å². The van der Waals surface area contributed by atoms with Crippen LogP contribution in [-0.4, -0.2) is 85.2 Å². The molecular formula is C26H39N5O4. The maximum absolute atomic E-state index is 12.3. The smallest absolute Gasteiger partial charge is 0.410 e. The van der Waals surface area contributed by atoms with Gasteiger partial charge in [0.05, 0.1) is 0 Å². The SMILES string of the molecule is CC(C)(C)OC(=O)N1CCN(CC2CCN(c3ccc(NC4CCC(=O)NC4=O)cc3)CC2)CC1. The minimum absolute atomic E-state index is 0.199. The first-order valence-corrected chi connectivity index (χ1v) is 12.8. The van der Waals surface area contributed by atoms with E-state index in [-0.39, 0.29) is 23.9 Å². The quantitative estimate of drug-likeness (QED) is 0.620. The fourth-order valence-electron chi connectivity index (χ4n) is 4.98. The van der Waals surface area contributed by atoms with Crippen LogP contribution in [0.25, 0.3) is 0 Å². The largest absolute Gasteiger partial charge is 0.444 e. The number of ether oxygens (including phenoxy) is 1. The van der Waals surface area contributed by atoms with Gasteiger partial charge in [-0.25, -0.2) is 4.79 Å². The topological polar surface area (TPSA) is 94.2 Å². The van der Waals surface area contributed by atoms with Crippen LogP contribution in [0.5, 0.6) is 0 Å². The van der Waals surface area contributed by atoms with Crippen molar-refractivity contribution in [2.24, 2.45) is 5.92 Å². The number of nitrogens with one attached hydrogen (secondary N) is 2. The lowest BCUT2D eigenvalue weighted by molar-refractivity contribution is -0.133. The van der Waals surface area contributed by atoms with E-state index in [1.54, 1.807) is 0 Å². The van der Waals surface area contributed by atoms with E-state index in [4.69, 9.17) is 4.74 Å². The van der Waals surface area contributed by atoms with Gasteiger partial charge in [0.1, 0.15) is 11.6 Å². The van der Waals surface area contributed by atoms with E-state index in [2.05, 4.69) is 32.6 Å². The fourth-order valence-corrected chi connectivity index (χ4v) is 4.98. The number of imide groups is 1. The van der Waals surface area contributed by atoms with Gasteiger partial charge < -0.3 is 19.9 Å². The predicted molar refractivity (Wildman–Crippen MR) is 135 cm³/mol. The van der Waals surface area contributed by atoms with Crippen molar-refractivity contribution < 1.29 is 19.1 Å². The molecule has 3 heterocycles. The summed E-state index contributed by atoms with van der Waals surface area (Å²) in [7, 11) is 0. The number of nitrogens with zero attached hydrogens (tertiary/aromatic N) is 3. The van der Waals surface area contributed by atoms with Crippen LogP contribution >= 0.6 is 0 Å². The highest BCUT2D eigenvalue weighted by atomic mass is 16.6. The van der Waals surface area contributed by atoms with Crippen LogP contribution in [0, 0.1) is 5.92 Å². The van der Waals surface area contributed by atoms with E-state index >= 15 is 0 Å². The van der Waals surface area contributed by atoms with Gasteiger partial charge in [-0.15, -0.1) is 0 Å².